The monoisotopic (exact) mass is 539 g/mol. The van der Waals surface area contributed by atoms with Crippen LogP contribution >= 0.6 is 0 Å². The SMILES string of the molecule is CCCCCCCCCCCCn1nnnc1CC(=O)NC1=C(OC)CC(OC)(c2ccccc2)C=C1OC. The number of unbranched alkanes of at least 4 members (excludes halogenated alkanes) is 9. The summed E-state index contributed by atoms with van der Waals surface area (Å²) < 4.78 is 19.1. The summed E-state index contributed by atoms with van der Waals surface area (Å²) in [6.45, 7) is 2.95. The third-order valence-electron chi connectivity index (χ3n) is 7.32. The van der Waals surface area contributed by atoms with Crippen LogP contribution in [0.3, 0.4) is 0 Å². The molecule has 1 unspecified atom stereocenters. The topological polar surface area (TPSA) is 100 Å². The largest absolute Gasteiger partial charge is 0.499 e. The highest BCUT2D eigenvalue weighted by Crippen LogP contribution is 2.40. The predicted octanol–water partition coefficient (Wildman–Crippen LogP) is 5.59. The summed E-state index contributed by atoms with van der Waals surface area (Å²) in [4.78, 5) is 13.1. The zero-order chi connectivity index (χ0) is 27.9. The molecule has 1 aromatic carbocycles. The molecular formula is C30H45N5O4. The van der Waals surface area contributed by atoms with Crippen LogP contribution in [-0.2, 0) is 37.6 Å². The van der Waals surface area contributed by atoms with Gasteiger partial charge in [0.25, 0.3) is 0 Å². The highest BCUT2D eigenvalue weighted by atomic mass is 16.5. The second-order valence-corrected chi connectivity index (χ2v) is 10.1. The predicted molar refractivity (Wildman–Crippen MR) is 150 cm³/mol. The number of nitrogens with zero attached hydrogens (tertiary/aromatic N) is 4. The van der Waals surface area contributed by atoms with E-state index >= 15 is 0 Å². The van der Waals surface area contributed by atoms with E-state index in [-0.39, 0.29) is 12.3 Å². The molecule has 1 atom stereocenters. The molecule has 9 heteroatoms. The number of ether oxygens (including phenoxy) is 3. The first-order valence-corrected chi connectivity index (χ1v) is 14.3. The number of amides is 1. The molecule has 0 saturated heterocycles. The quantitative estimate of drug-likeness (QED) is 0.247. The highest BCUT2D eigenvalue weighted by molar-refractivity contribution is 5.80. The molecule has 1 N–H and O–H groups in total. The number of nitrogens with one attached hydrogen (secondary N) is 1. The van der Waals surface area contributed by atoms with Crippen molar-refractivity contribution in [1.82, 2.24) is 25.5 Å². The minimum atomic E-state index is -0.772. The number of tetrazole rings is 1. The molecule has 0 saturated carbocycles. The van der Waals surface area contributed by atoms with E-state index in [0.717, 1.165) is 18.4 Å². The van der Waals surface area contributed by atoms with Gasteiger partial charge in [0, 0.05) is 20.1 Å². The maximum atomic E-state index is 13.1. The Morgan fingerprint density at radius 2 is 1.62 bits per heavy atom. The van der Waals surface area contributed by atoms with Gasteiger partial charge in [-0.1, -0.05) is 95.0 Å². The van der Waals surface area contributed by atoms with Gasteiger partial charge in [0.2, 0.25) is 5.91 Å². The average Bonchev–Trinajstić information content (AvgIpc) is 3.41. The van der Waals surface area contributed by atoms with Crippen molar-refractivity contribution in [2.75, 3.05) is 21.3 Å². The zero-order valence-electron chi connectivity index (χ0n) is 24.1. The minimum Gasteiger partial charge on any atom is -0.499 e. The molecule has 9 nitrogen and oxygen atoms in total. The van der Waals surface area contributed by atoms with Gasteiger partial charge in [0.1, 0.15) is 22.8 Å². The first-order chi connectivity index (χ1) is 19.1. The Morgan fingerprint density at radius 3 is 2.23 bits per heavy atom. The van der Waals surface area contributed by atoms with Crippen LogP contribution in [0.5, 0.6) is 0 Å². The lowest BCUT2D eigenvalue weighted by Crippen LogP contribution is -2.36. The first-order valence-electron chi connectivity index (χ1n) is 14.3. The molecule has 1 aliphatic rings. The smallest absolute Gasteiger partial charge is 0.232 e. The fraction of sp³-hybridized carbons (Fsp3) is 0.600. The lowest BCUT2D eigenvalue weighted by atomic mass is 9.84. The Bertz CT molecular complexity index is 1080. The summed E-state index contributed by atoms with van der Waals surface area (Å²) >= 11 is 0. The molecule has 214 valence electrons. The van der Waals surface area contributed by atoms with E-state index in [9.17, 15) is 4.79 Å². The number of methoxy groups -OCH3 is 3. The number of benzene rings is 1. The van der Waals surface area contributed by atoms with Crippen LogP contribution in [0.4, 0.5) is 0 Å². The van der Waals surface area contributed by atoms with Crippen LogP contribution in [0.2, 0.25) is 0 Å². The van der Waals surface area contributed by atoms with Crippen molar-refractivity contribution < 1.29 is 19.0 Å². The van der Waals surface area contributed by atoms with Gasteiger partial charge in [-0.05, 0) is 28.5 Å². The molecule has 1 heterocycles. The number of aryl methyl sites for hydroxylation is 1. The molecule has 1 aromatic heterocycles. The Hall–Kier alpha value is -3.20. The molecule has 3 rings (SSSR count). The van der Waals surface area contributed by atoms with Crippen LogP contribution in [0.1, 0.15) is 88.9 Å². The van der Waals surface area contributed by atoms with Gasteiger partial charge < -0.3 is 19.5 Å². The fourth-order valence-corrected chi connectivity index (χ4v) is 5.02. The molecule has 1 amide bonds. The summed E-state index contributed by atoms with van der Waals surface area (Å²) in [5.41, 5.74) is 0.682. The molecule has 1 aliphatic carbocycles. The molecule has 0 bridgehead atoms. The summed E-state index contributed by atoms with van der Waals surface area (Å²) in [5, 5.41) is 15.0. The van der Waals surface area contributed by atoms with Gasteiger partial charge in [-0.3, -0.25) is 4.79 Å². The van der Waals surface area contributed by atoms with Crippen molar-refractivity contribution in [3.8, 4) is 0 Å². The first kappa shape index (κ1) is 30.3. The lowest BCUT2D eigenvalue weighted by molar-refractivity contribution is -0.120. The Morgan fingerprint density at radius 1 is 0.949 bits per heavy atom. The number of carbonyl (C=O) groups excluding carboxylic acids is 1. The Kier molecular flexibility index (Phi) is 12.5. The molecule has 0 spiro atoms. The molecule has 0 fully saturated rings. The van der Waals surface area contributed by atoms with E-state index in [4.69, 9.17) is 14.2 Å². The summed E-state index contributed by atoms with van der Waals surface area (Å²) in [6.07, 6.45) is 15.0. The summed E-state index contributed by atoms with van der Waals surface area (Å²) in [5.74, 6) is 1.34. The van der Waals surface area contributed by atoms with Crippen molar-refractivity contribution in [1.29, 1.82) is 0 Å². The van der Waals surface area contributed by atoms with E-state index < -0.39 is 5.60 Å². The van der Waals surface area contributed by atoms with Gasteiger partial charge in [-0.25, -0.2) is 4.68 Å². The molecule has 0 radical (unpaired) electrons. The van der Waals surface area contributed by atoms with Gasteiger partial charge in [-0.2, -0.15) is 0 Å². The Labute approximate surface area is 233 Å². The maximum Gasteiger partial charge on any atom is 0.232 e. The average molecular weight is 540 g/mol. The Balaban J connectivity index is 1.54. The molecule has 0 aliphatic heterocycles. The maximum absolute atomic E-state index is 13.1. The lowest BCUT2D eigenvalue weighted by Gasteiger charge is -2.35. The van der Waals surface area contributed by atoms with Crippen LogP contribution < -0.4 is 5.32 Å². The van der Waals surface area contributed by atoms with Crippen molar-refractivity contribution >= 4 is 5.91 Å². The van der Waals surface area contributed by atoms with Gasteiger partial charge in [-0.15, -0.1) is 5.10 Å². The number of carbonyl (C=O) groups is 1. The van der Waals surface area contributed by atoms with Crippen LogP contribution in [0.25, 0.3) is 0 Å². The van der Waals surface area contributed by atoms with Crippen LogP contribution in [-0.4, -0.2) is 47.4 Å². The van der Waals surface area contributed by atoms with Gasteiger partial charge in [0.15, 0.2) is 5.82 Å². The number of hydrogen-bond acceptors (Lipinski definition) is 7. The molecular weight excluding hydrogens is 494 g/mol. The number of rotatable bonds is 18. The molecule has 39 heavy (non-hydrogen) atoms. The number of aromatic nitrogens is 4. The van der Waals surface area contributed by atoms with E-state index in [1.54, 1.807) is 26.0 Å². The second kappa shape index (κ2) is 16.0. The number of hydrogen-bond donors (Lipinski definition) is 1. The third kappa shape index (κ3) is 8.65. The normalized spacial score (nSPS) is 17.2. The summed E-state index contributed by atoms with van der Waals surface area (Å²) in [6, 6.07) is 9.88. The standard InChI is InChI=1S/C30H45N5O4/c1-5-6-7-8-9-10-11-12-13-17-20-35-27(32-33-34-35)21-28(36)31-29-25(37-2)22-30(39-4,23-26(29)38-3)24-18-15-14-16-19-24/h14-16,18-19,22H,5-13,17,20-21,23H2,1-4H3,(H,31,36). The third-order valence-corrected chi connectivity index (χ3v) is 7.32. The second-order valence-electron chi connectivity index (χ2n) is 10.1. The fourth-order valence-electron chi connectivity index (χ4n) is 5.02. The van der Waals surface area contributed by atoms with Crippen LogP contribution in [0, 0.1) is 0 Å². The van der Waals surface area contributed by atoms with Gasteiger partial charge >= 0.3 is 0 Å². The van der Waals surface area contributed by atoms with E-state index in [0.29, 0.717) is 36.0 Å². The zero-order valence-corrected chi connectivity index (χ0v) is 24.1. The highest BCUT2D eigenvalue weighted by Gasteiger charge is 2.39. The van der Waals surface area contributed by atoms with Crippen molar-refractivity contribution in [2.45, 2.75) is 96.1 Å². The minimum absolute atomic E-state index is 0.0519. The van der Waals surface area contributed by atoms with Crippen molar-refractivity contribution in [3.05, 3.63) is 65.0 Å². The molecule has 2 aromatic rings. The van der Waals surface area contributed by atoms with Crippen molar-refractivity contribution in [2.24, 2.45) is 0 Å². The van der Waals surface area contributed by atoms with E-state index in [1.807, 2.05) is 36.4 Å². The van der Waals surface area contributed by atoms with Gasteiger partial charge in [0.05, 0.1) is 20.6 Å². The van der Waals surface area contributed by atoms with Crippen LogP contribution in [0.15, 0.2) is 53.6 Å². The van der Waals surface area contributed by atoms with Crippen molar-refractivity contribution in [3.63, 3.8) is 0 Å². The van der Waals surface area contributed by atoms with E-state index in [1.165, 1.54) is 51.4 Å². The van der Waals surface area contributed by atoms with E-state index in [2.05, 4.69) is 27.8 Å². The summed E-state index contributed by atoms with van der Waals surface area (Å²) in [7, 11) is 4.80.